The van der Waals surface area contributed by atoms with Crippen molar-refractivity contribution in [2.24, 2.45) is 0 Å². The molecule has 8 heteroatoms. The number of oxazole rings is 1. The molecule has 0 atom stereocenters. The number of rotatable bonds is 5. The van der Waals surface area contributed by atoms with Gasteiger partial charge in [-0.3, -0.25) is 19.3 Å². The van der Waals surface area contributed by atoms with Crippen LogP contribution in [0, 0.1) is 0 Å². The summed E-state index contributed by atoms with van der Waals surface area (Å²) in [5.41, 5.74) is 4.00. The summed E-state index contributed by atoms with van der Waals surface area (Å²) in [5.74, 6) is 0.171. The zero-order valence-corrected chi connectivity index (χ0v) is 15.9. The Kier molecular flexibility index (Phi) is 5.18. The second kappa shape index (κ2) is 7.40. The van der Waals surface area contributed by atoms with Crippen LogP contribution in [0.25, 0.3) is 0 Å². The third-order valence-electron chi connectivity index (χ3n) is 4.15. The van der Waals surface area contributed by atoms with E-state index in [9.17, 15) is 9.59 Å². The third-order valence-corrected chi connectivity index (χ3v) is 4.15. The van der Waals surface area contributed by atoms with Crippen molar-refractivity contribution < 1.29 is 23.6 Å². The summed E-state index contributed by atoms with van der Waals surface area (Å²) in [4.78, 5) is 34.9. The van der Waals surface area contributed by atoms with Crippen molar-refractivity contribution in [2.75, 3.05) is 18.1 Å². The Hall–Kier alpha value is -2.87. The molecular weight excluding hydrogens is 350 g/mol. The summed E-state index contributed by atoms with van der Waals surface area (Å²) in [6, 6.07) is 5.80. The SMILES string of the molecule is CCONC(=O)c1coc(CN2C(=O)COc3ccc(C(C)(C)C)cc32)n1. The maximum absolute atomic E-state index is 12.4. The molecule has 0 saturated heterocycles. The van der Waals surface area contributed by atoms with E-state index in [2.05, 4.69) is 31.2 Å². The number of aromatic nitrogens is 1. The molecule has 0 bridgehead atoms. The van der Waals surface area contributed by atoms with Crippen LogP contribution in [0.1, 0.15) is 49.6 Å². The van der Waals surface area contributed by atoms with Gasteiger partial charge in [-0.2, -0.15) is 0 Å². The molecule has 144 valence electrons. The summed E-state index contributed by atoms with van der Waals surface area (Å²) < 4.78 is 10.9. The quantitative estimate of drug-likeness (QED) is 0.810. The van der Waals surface area contributed by atoms with Crippen molar-refractivity contribution in [1.29, 1.82) is 0 Å². The number of hydrogen-bond donors (Lipinski definition) is 1. The van der Waals surface area contributed by atoms with Gasteiger partial charge < -0.3 is 9.15 Å². The van der Waals surface area contributed by atoms with Gasteiger partial charge in [0.25, 0.3) is 11.8 Å². The normalized spacial score (nSPS) is 13.9. The fourth-order valence-corrected chi connectivity index (χ4v) is 2.66. The van der Waals surface area contributed by atoms with Gasteiger partial charge in [-0.15, -0.1) is 0 Å². The molecule has 0 unspecified atom stereocenters. The van der Waals surface area contributed by atoms with Gasteiger partial charge in [0, 0.05) is 0 Å². The number of hydrogen-bond acceptors (Lipinski definition) is 6. The van der Waals surface area contributed by atoms with Crippen molar-refractivity contribution in [1.82, 2.24) is 10.5 Å². The highest BCUT2D eigenvalue weighted by Gasteiger charge is 2.29. The summed E-state index contributed by atoms with van der Waals surface area (Å²) in [5, 5.41) is 0. The highest BCUT2D eigenvalue weighted by atomic mass is 16.6. The number of ether oxygens (including phenoxy) is 1. The van der Waals surface area contributed by atoms with E-state index >= 15 is 0 Å². The number of hydroxylamine groups is 1. The number of amides is 2. The lowest BCUT2D eigenvalue weighted by Crippen LogP contribution is -2.38. The van der Waals surface area contributed by atoms with Crippen molar-refractivity contribution >= 4 is 17.5 Å². The minimum absolute atomic E-state index is 0.0553. The van der Waals surface area contributed by atoms with Crippen LogP contribution in [-0.4, -0.2) is 30.0 Å². The molecule has 0 spiro atoms. The first-order valence-electron chi connectivity index (χ1n) is 8.74. The second-order valence-electron chi connectivity index (χ2n) is 7.19. The number of benzene rings is 1. The first kappa shape index (κ1) is 18.9. The molecule has 1 aromatic heterocycles. The van der Waals surface area contributed by atoms with Crippen LogP contribution in [0.15, 0.2) is 28.9 Å². The lowest BCUT2D eigenvalue weighted by atomic mass is 9.86. The molecule has 2 heterocycles. The molecule has 1 N–H and O–H groups in total. The van der Waals surface area contributed by atoms with Crippen LogP contribution in [-0.2, 0) is 21.6 Å². The summed E-state index contributed by atoms with van der Waals surface area (Å²) >= 11 is 0. The van der Waals surface area contributed by atoms with Crippen LogP contribution in [0.4, 0.5) is 5.69 Å². The fraction of sp³-hybridized carbons (Fsp3) is 0.421. The number of anilines is 1. The number of nitrogens with one attached hydrogen (secondary N) is 1. The molecule has 1 aromatic carbocycles. The monoisotopic (exact) mass is 373 g/mol. The van der Waals surface area contributed by atoms with E-state index in [1.807, 2.05) is 18.2 Å². The molecule has 0 radical (unpaired) electrons. The Morgan fingerprint density at radius 3 is 2.85 bits per heavy atom. The summed E-state index contributed by atoms with van der Waals surface area (Å²) in [6.45, 7) is 8.43. The predicted octanol–water partition coefficient (Wildman–Crippen LogP) is 2.58. The second-order valence-corrected chi connectivity index (χ2v) is 7.19. The Labute approximate surface area is 157 Å². The van der Waals surface area contributed by atoms with Crippen molar-refractivity contribution in [3.8, 4) is 5.75 Å². The molecule has 3 rings (SSSR count). The maximum Gasteiger partial charge on any atom is 0.296 e. The molecule has 0 fully saturated rings. The first-order chi connectivity index (χ1) is 12.8. The highest BCUT2D eigenvalue weighted by Crippen LogP contribution is 2.37. The molecule has 1 aliphatic heterocycles. The van der Waals surface area contributed by atoms with E-state index in [-0.39, 0.29) is 36.1 Å². The standard InChI is InChI=1S/C19H23N3O5/c1-5-27-21-18(24)13-10-26-16(20-13)9-22-14-8-12(19(2,3)4)6-7-15(14)25-11-17(22)23/h6-8,10H,5,9,11H2,1-4H3,(H,21,24). The molecule has 0 aliphatic carbocycles. The van der Waals surface area contributed by atoms with Crippen LogP contribution in [0.5, 0.6) is 5.75 Å². The first-order valence-corrected chi connectivity index (χ1v) is 8.74. The minimum Gasteiger partial charge on any atom is -0.482 e. The largest absolute Gasteiger partial charge is 0.482 e. The number of nitrogens with zero attached hydrogens (tertiary/aromatic N) is 2. The van der Waals surface area contributed by atoms with Crippen molar-refractivity contribution in [3.05, 3.63) is 41.6 Å². The van der Waals surface area contributed by atoms with E-state index < -0.39 is 5.91 Å². The Morgan fingerprint density at radius 2 is 2.15 bits per heavy atom. The van der Waals surface area contributed by atoms with Crippen LogP contribution in [0.3, 0.4) is 0 Å². The smallest absolute Gasteiger partial charge is 0.296 e. The molecule has 8 nitrogen and oxygen atoms in total. The van der Waals surface area contributed by atoms with E-state index in [1.165, 1.54) is 6.26 Å². The van der Waals surface area contributed by atoms with Gasteiger partial charge in [0.05, 0.1) is 12.3 Å². The Bertz CT molecular complexity index is 853. The maximum atomic E-state index is 12.4. The average molecular weight is 373 g/mol. The van der Waals surface area contributed by atoms with Gasteiger partial charge in [-0.25, -0.2) is 10.5 Å². The molecule has 0 saturated carbocycles. The van der Waals surface area contributed by atoms with Crippen molar-refractivity contribution in [3.63, 3.8) is 0 Å². The summed E-state index contributed by atoms with van der Waals surface area (Å²) in [7, 11) is 0. The predicted molar refractivity (Wildman–Crippen MR) is 97.4 cm³/mol. The Balaban J connectivity index is 1.85. The molecular formula is C19H23N3O5. The van der Waals surface area contributed by atoms with E-state index in [0.717, 1.165) is 5.56 Å². The highest BCUT2D eigenvalue weighted by molar-refractivity contribution is 5.97. The average Bonchev–Trinajstić information content (AvgIpc) is 3.09. The molecule has 2 amide bonds. The number of fused-ring (bicyclic) bond motifs is 1. The third kappa shape index (κ3) is 4.11. The van der Waals surface area contributed by atoms with E-state index in [1.54, 1.807) is 11.8 Å². The van der Waals surface area contributed by atoms with Crippen LogP contribution < -0.4 is 15.1 Å². The van der Waals surface area contributed by atoms with Crippen LogP contribution >= 0.6 is 0 Å². The minimum atomic E-state index is -0.504. The topological polar surface area (TPSA) is 93.9 Å². The lowest BCUT2D eigenvalue weighted by Gasteiger charge is -2.30. The van der Waals surface area contributed by atoms with Gasteiger partial charge in [0.1, 0.15) is 18.6 Å². The van der Waals surface area contributed by atoms with E-state index in [0.29, 0.717) is 18.0 Å². The number of carbonyl (C=O) groups excluding carboxylic acids is 2. The lowest BCUT2D eigenvalue weighted by molar-refractivity contribution is -0.121. The Morgan fingerprint density at radius 1 is 1.37 bits per heavy atom. The molecule has 1 aliphatic rings. The molecule has 27 heavy (non-hydrogen) atoms. The van der Waals surface area contributed by atoms with Crippen molar-refractivity contribution in [2.45, 2.75) is 39.7 Å². The van der Waals surface area contributed by atoms with E-state index in [4.69, 9.17) is 14.0 Å². The number of carbonyl (C=O) groups is 2. The van der Waals surface area contributed by atoms with Gasteiger partial charge >= 0.3 is 0 Å². The fourth-order valence-electron chi connectivity index (χ4n) is 2.66. The van der Waals surface area contributed by atoms with Gasteiger partial charge in [-0.1, -0.05) is 26.8 Å². The van der Waals surface area contributed by atoms with Gasteiger partial charge in [0.15, 0.2) is 12.3 Å². The zero-order chi connectivity index (χ0) is 19.6. The van der Waals surface area contributed by atoms with Gasteiger partial charge in [0.2, 0.25) is 5.89 Å². The van der Waals surface area contributed by atoms with Gasteiger partial charge in [-0.05, 0) is 30.0 Å². The molecule has 2 aromatic rings. The zero-order valence-electron chi connectivity index (χ0n) is 15.9. The summed E-state index contributed by atoms with van der Waals surface area (Å²) in [6.07, 6.45) is 1.24. The van der Waals surface area contributed by atoms with Crippen LogP contribution in [0.2, 0.25) is 0 Å².